The number of hydrogen-bond donors (Lipinski definition) is 2. The Morgan fingerprint density at radius 3 is 2.70 bits per heavy atom. The monoisotopic (exact) mass is 404 g/mol. The summed E-state index contributed by atoms with van der Waals surface area (Å²) >= 11 is 0. The number of likely N-dealkylation sites (tertiary alicyclic amines) is 1. The van der Waals surface area contributed by atoms with Crippen LogP contribution in [0.15, 0.2) is 60.7 Å². The second-order valence-corrected chi connectivity index (χ2v) is 7.79. The van der Waals surface area contributed by atoms with Crippen LogP contribution in [0.3, 0.4) is 0 Å². The minimum absolute atomic E-state index is 0.0259. The summed E-state index contributed by atoms with van der Waals surface area (Å²) in [6.07, 6.45) is 0. The molecule has 4 rings (SSSR count). The molecule has 0 aliphatic carbocycles. The molecular formula is C24H28N4O2. The molecular weight excluding hydrogens is 376 g/mol. The van der Waals surface area contributed by atoms with Gasteiger partial charge in [0, 0.05) is 38.0 Å². The van der Waals surface area contributed by atoms with Crippen LogP contribution in [0.4, 0.5) is 10.5 Å². The van der Waals surface area contributed by atoms with E-state index in [1.165, 1.54) is 5.56 Å². The number of nitrogens with one attached hydrogen (secondary N) is 2. The Balaban J connectivity index is 1.48. The Labute approximate surface area is 177 Å². The Morgan fingerprint density at radius 1 is 1.13 bits per heavy atom. The van der Waals surface area contributed by atoms with Crippen LogP contribution in [0.1, 0.15) is 17.2 Å². The number of benzene rings is 2. The van der Waals surface area contributed by atoms with E-state index in [0.717, 1.165) is 41.9 Å². The van der Waals surface area contributed by atoms with E-state index in [1.54, 1.807) is 7.11 Å². The molecule has 156 valence electrons. The maximum absolute atomic E-state index is 12.9. The molecule has 0 bridgehead atoms. The predicted octanol–water partition coefficient (Wildman–Crippen LogP) is 3.78. The van der Waals surface area contributed by atoms with Gasteiger partial charge >= 0.3 is 6.03 Å². The van der Waals surface area contributed by atoms with Gasteiger partial charge in [-0.15, -0.1) is 0 Å². The zero-order valence-corrected chi connectivity index (χ0v) is 17.5. The number of ether oxygens (including phenoxy) is 1. The highest BCUT2D eigenvalue weighted by Crippen LogP contribution is 2.28. The van der Waals surface area contributed by atoms with Crippen LogP contribution in [0.25, 0.3) is 10.9 Å². The van der Waals surface area contributed by atoms with E-state index in [-0.39, 0.29) is 18.0 Å². The van der Waals surface area contributed by atoms with Crippen LogP contribution in [0, 0.1) is 6.92 Å². The lowest BCUT2D eigenvalue weighted by Gasteiger charge is -2.21. The number of hydrogen-bond acceptors (Lipinski definition) is 4. The van der Waals surface area contributed by atoms with E-state index in [4.69, 9.17) is 4.74 Å². The van der Waals surface area contributed by atoms with Gasteiger partial charge in [-0.05, 0) is 24.6 Å². The van der Waals surface area contributed by atoms with E-state index in [9.17, 15) is 4.79 Å². The van der Waals surface area contributed by atoms with Gasteiger partial charge in [-0.1, -0.05) is 48.5 Å². The van der Waals surface area contributed by atoms with Crippen molar-refractivity contribution < 1.29 is 9.53 Å². The normalized spacial score (nSPS) is 19.1. The fourth-order valence-corrected chi connectivity index (χ4v) is 4.14. The summed E-state index contributed by atoms with van der Waals surface area (Å²) in [6, 6.07) is 20.1. The lowest BCUT2D eigenvalue weighted by atomic mass is 9.94. The molecule has 0 unspecified atom stereocenters. The first-order valence-electron chi connectivity index (χ1n) is 10.3. The molecule has 6 nitrogen and oxygen atoms in total. The van der Waals surface area contributed by atoms with Gasteiger partial charge in [0.15, 0.2) is 0 Å². The van der Waals surface area contributed by atoms with Gasteiger partial charge in [0.2, 0.25) is 0 Å². The molecule has 1 fully saturated rings. The Bertz CT molecular complexity index is 1010. The summed E-state index contributed by atoms with van der Waals surface area (Å²) in [6.45, 7) is 5.15. The second kappa shape index (κ2) is 9.24. The Hall–Kier alpha value is -2.96. The number of rotatable bonds is 6. The van der Waals surface area contributed by atoms with E-state index in [1.807, 2.05) is 55.5 Å². The van der Waals surface area contributed by atoms with Crippen LogP contribution in [0.5, 0.6) is 0 Å². The molecule has 1 aliphatic heterocycles. The smallest absolute Gasteiger partial charge is 0.319 e. The quantitative estimate of drug-likeness (QED) is 0.656. The minimum atomic E-state index is -0.199. The number of amides is 2. The van der Waals surface area contributed by atoms with Crippen molar-refractivity contribution in [3.05, 3.63) is 71.9 Å². The van der Waals surface area contributed by atoms with Gasteiger partial charge in [0.1, 0.15) is 0 Å². The number of aromatic nitrogens is 1. The average Bonchev–Trinajstić information content (AvgIpc) is 3.15. The third kappa shape index (κ3) is 4.61. The maximum atomic E-state index is 12.9. The van der Waals surface area contributed by atoms with Crippen LogP contribution >= 0.6 is 0 Å². The standard InChI is InChI=1S/C24H28N4O2/c1-17-22(14-19-10-6-7-11-21(19)25-17)26-24(29)27-23-16-28(12-13-30-2)15-20(23)18-8-4-3-5-9-18/h3-11,14,20,23H,12-13,15-16H2,1-2H3,(H2,26,27,29)/t20-,23+/m0/s1. The Morgan fingerprint density at radius 2 is 1.90 bits per heavy atom. The predicted molar refractivity (Wildman–Crippen MR) is 120 cm³/mol. The molecule has 2 heterocycles. The van der Waals surface area contributed by atoms with Crippen molar-refractivity contribution in [2.75, 3.05) is 38.7 Å². The molecule has 6 heteroatoms. The van der Waals surface area contributed by atoms with Gasteiger partial charge in [0.05, 0.1) is 29.5 Å². The SMILES string of the molecule is COCCN1C[C@@H](NC(=O)Nc2cc3ccccc3nc2C)[C@H](c2ccccc2)C1. The first-order chi connectivity index (χ1) is 14.6. The first-order valence-corrected chi connectivity index (χ1v) is 10.3. The van der Waals surface area contributed by atoms with E-state index < -0.39 is 0 Å². The minimum Gasteiger partial charge on any atom is -0.383 e. The highest BCUT2D eigenvalue weighted by atomic mass is 16.5. The van der Waals surface area contributed by atoms with Crippen molar-refractivity contribution in [1.29, 1.82) is 0 Å². The van der Waals surface area contributed by atoms with Gasteiger partial charge in [0.25, 0.3) is 0 Å². The molecule has 2 aromatic carbocycles. The van der Waals surface area contributed by atoms with Crippen molar-refractivity contribution in [3.63, 3.8) is 0 Å². The van der Waals surface area contributed by atoms with Gasteiger partial charge in [-0.2, -0.15) is 0 Å². The second-order valence-electron chi connectivity index (χ2n) is 7.79. The first kappa shape index (κ1) is 20.3. The highest BCUT2D eigenvalue weighted by molar-refractivity contribution is 5.93. The van der Waals surface area contributed by atoms with Crippen LogP contribution in [-0.2, 0) is 4.74 Å². The van der Waals surface area contributed by atoms with Crippen molar-refractivity contribution >= 4 is 22.6 Å². The zero-order valence-electron chi connectivity index (χ0n) is 17.5. The molecule has 2 atom stereocenters. The third-order valence-electron chi connectivity index (χ3n) is 5.71. The molecule has 1 aromatic heterocycles. The van der Waals surface area contributed by atoms with Crippen molar-refractivity contribution in [1.82, 2.24) is 15.2 Å². The molecule has 1 saturated heterocycles. The van der Waals surface area contributed by atoms with Crippen LogP contribution in [0.2, 0.25) is 0 Å². The van der Waals surface area contributed by atoms with Crippen molar-refractivity contribution in [2.45, 2.75) is 18.9 Å². The van der Waals surface area contributed by atoms with Crippen molar-refractivity contribution in [2.24, 2.45) is 0 Å². The largest absolute Gasteiger partial charge is 0.383 e. The summed E-state index contributed by atoms with van der Waals surface area (Å²) in [5.74, 6) is 0.240. The molecule has 1 aliphatic rings. The molecule has 3 aromatic rings. The van der Waals surface area contributed by atoms with Gasteiger partial charge in [-0.3, -0.25) is 9.88 Å². The number of pyridine rings is 1. The van der Waals surface area contributed by atoms with E-state index in [0.29, 0.717) is 6.61 Å². The lowest BCUT2D eigenvalue weighted by molar-refractivity contribution is 0.159. The van der Waals surface area contributed by atoms with Crippen LogP contribution in [-0.4, -0.2) is 55.3 Å². The summed E-state index contributed by atoms with van der Waals surface area (Å²) in [5.41, 5.74) is 3.70. The average molecular weight is 405 g/mol. The number of carbonyl (C=O) groups is 1. The van der Waals surface area contributed by atoms with E-state index >= 15 is 0 Å². The number of para-hydroxylation sites is 1. The fraction of sp³-hybridized carbons (Fsp3) is 0.333. The van der Waals surface area contributed by atoms with Gasteiger partial charge < -0.3 is 15.4 Å². The van der Waals surface area contributed by atoms with E-state index in [2.05, 4.69) is 32.7 Å². The third-order valence-corrected chi connectivity index (χ3v) is 5.71. The Kier molecular flexibility index (Phi) is 6.26. The zero-order chi connectivity index (χ0) is 20.9. The molecule has 2 amide bonds. The van der Waals surface area contributed by atoms with Gasteiger partial charge in [-0.25, -0.2) is 4.79 Å². The van der Waals surface area contributed by atoms with Crippen LogP contribution < -0.4 is 10.6 Å². The summed E-state index contributed by atoms with van der Waals surface area (Å²) < 4.78 is 5.24. The maximum Gasteiger partial charge on any atom is 0.319 e. The number of fused-ring (bicyclic) bond motifs is 1. The van der Waals surface area contributed by atoms with Crippen molar-refractivity contribution in [3.8, 4) is 0 Å². The summed E-state index contributed by atoms with van der Waals surface area (Å²) in [5, 5.41) is 7.21. The topological polar surface area (TPSA) is 66.5 Å². The number of aryl methyl sites for hydroxylation is 1. The molecule has 0 spiro atoms. The molecule has 2 N–H and O–H groups in total. The number of anilines is 1. The number of urea groups is 1. The fourth-order valence-electron chi connectivity index (χ4n) is 4.14. The number of methoxy groups -OCH3 is 1. The molecule has 0 radical (unpaired) electrons. The highest BCUT2D eigenvalue weighted by Gasteiger charge is 2.34. The summed E-state index contributed by atoms with van der Waals surface area (Å²) in [7, 11) is 1.72. The molecule has 0 saturated carbocycles. The lowest BCUT2D eigenvalue weighted by Crippen LogP contribution is -2.42. The molecule has 30 heavy (non-hydrogen) atoms. The number of nitrogens with zero attached hydrogens (tertiary/aromatic N) is 2. The number of carbonyl (C=O) groups excluding carboxylic acids is 1. The summed E-state index contributed by atoms with van der Waals surface area (Å²) in [4.78, 5) is 19.8.